The summed E-state index contributed by atoms with van der Waals surface area (Å²) in [6.45, 7) is 2.91. The molecule has 0 aliphatic carbocycles. The highest BCUT2D eigenvalue weighted by atomic mass is 35.5. The van der Waals surface area contributed by atoms with Gasteiger partial charge in [-0.25, -0.2) is 0 Å². The molecule has 0 bridgehead atoms. The molecule has 7 heteroatoms. The minimum atomic E-state index is -0.614. The molecular formula is C15H21Cl2N3O2. The Morgan fingerprint density at radius 1 is 1.55 bits per heavy atom. The van der Waals surface area contributed by atoms with Crippen LogP contribution in [0, 0.1) is 5.92 Å². The normalized spacial score (nSPS) is 18.8. The van der Waals surface area contributed by atoms with E-state index in [9.17, 15) is 9.59 Å². The summed E-state index contributed by atoms with van der Waals surface area (Å²) in [6.07, 6.45) is 1.22. The van der Waals surface area contributed by atoms with Crippen LogP contribution in [0.1, 0.15) is 19.8 Å². The van der Waals surface area contributed by atoms with Crippen molar-refractivity contribution in [3.05, 3.63) is 29.3 Å². The molecule has 0 spiro atoms. The number of nitrogens with two attached hydrogens (primary N) is 1. The number of anilines is 1. The summed E-state index contributed by atoms with van der Waals surface area (Å²) in [6, 6.07) is 7.13. The molecule has 1 heterocycles. The monoisotopic (exact) mass is 345 g/mol. The van der Waals surface area contributed by atoms with Gasteiger partial charge in [0.1, 0.15) is 5.92 Å². The second-order valence-corrected chi connectivity index (χ2v) is 5.80. The summed E-state index contributed by atoms with van der Waals surface area (Å²) in [4.78, 5) is 26.0. The fourth-order valence-electron chi connectivity index (χ4n) is 2.37. The number of carbonyl (C=O) groups is 2. The molecule has 1 fully saturated rings. The zero-order chi connectivity index (χ0) is 15.4. The minimum Gasteiger partial charge on any atom is -0.355 e. The van der Waals surface area contributed by atoms with Gasteiger partial charge in [0.25, 0.3) is 0 Å². The third-order valence-electron chi connectivity index (χ3n) is 3.54. The maximum atomic E-state index is 12.4. The highest BCUT2D eigenvalue weighted by Gasteiger charge is 2.37. The number of rotatable bonds is 5. The lowest BCUT2D eigenvalue weighted by Crippen LogP contribution is -2.38. The van der Waals surface area contributed by atoms with E-state index in [1.807, 2.05) is 13.0 Å². The third kappa shape index (κ3) is 4.60. The number of hydrogen-bond acceptors (Lipinski definition) is 3. The fourth-order valence-corrected chi connectivity index (χ4v) is 2.55. The van der Waals surface area contributed by atoms with Crippen molar-refractivity contribution in [1.82, 2.24) is 5.32 Å². The number of amides is 2. The van der Waals surface area contributed by atoms with Gasteiger partial charge in [-0.05, 0) is 38.0 Å². The van der Waals surface area contributed by atoms with Gasteiger partial charge in [-0.2, -0.15) is 0 Å². The van der Waals surface area contributed by atoms with Crippen molar-refractivity contribution in [2.75, 3.05) is 18.0 Å². The Kier molecular flexibility index (Phi) is 7.13. The van der Waals surface area contributed by atoms with Gasteiger partial charge in [0.2, 0.25) is 11.8 Å². The number of carbonyl (C=O) groups excluding carboxylic acids is 2. The molecule has 2 rings (SSSR count). The van der Waals surface area contributed by atoms with E-state index in [0.29, 0.717) is 31.0 Å². The predicted octanol–water partition coefficient (Wildman–Crippen LogP) is 1.97. The van der Waals surface area contributed by atoms with Gasteiger partial charge < -0.3 is 16.0 Å². The van der Waals surface area contributed by atoms with Crippen LogP contribution in [0.5, 0.6) is 0 Å². The van der Waals surface area contributed by atoms with E-state index in [-0.39, 0.29) is 30.3 Å². The Labute approximate surface area is 141 Å². The lowest BCUT2D eigenvalue weighted by atomic mass is 10.1. The molecule has 2 amide bonds. The van der Waals surface area contributed by atoms with Crippen LogP contribution in [-0.2, 0) is 9.59 Å². The van der Waals surface area contributed by atoms with Crippen LogP contribution in [0.15, 0.2) is 24.3 Å². The maximum absolute atomic E-state index is 12.4. The SMILES string of the molecule is CC(N)CCNC(=O)C1CCN(c2cccc(Cl)c2)C1=O.Cl. The molecule has 1 aliphatic rings. The molecule has 3 N–H and O–H groups in total. The predicted molar refractivity (Wildman–Crippen MR) is 90.4 cm³/mol. The van der Waals surface area contributed by atoms with Crippen molar-refractivity contribution >= 4 is 41.5 Å². The number of halogens is 2. The van der Waals surface area contributed by atoms with Crippen LogP contribution in [0.2, 0.25) is 5.02 Å². The smallest absolute Gasteiger partial charge is 0.239 e. The van der Waals surface area contributed by atoms with Crippen LogP contribution < -0.4 is 16.0 Å². The molecule has 0 saturated carbocycles. The molecule has 2 atom stereocenters. The number of hydrogen-bond donors (Lipinski definition) is 2. The van der Waals surface area contributed by atoms with Crippen LogP contribution >= 0.6 is 24.0 Å². The summed E-state index contributed by atoms with van der Waals surface area (Å²) >= 11 is 5.94. The van der Waals surface area contributed by atoms with E-state index in [4.69, 9.17) is 17.3 Å². The summed E-state index contributed by atoms with van der Waals surface area (Å²) in [5, 5.41) is 3.35. The third-order valence-corrected chi connectivity index (χ3v) is 3.78. The number of benzene rings is 1. The first-order valence-electron chi connectivity index (χ1n) is 7.09. The van der Waals surface area contributed by atoms with E-state index < -0.39 is 5.92 Å². The molecule has 0 radical (unpaired) electrons. The highest BCUT2D eigenvalue weighted by Crippen LogP contribution is 2.27. The van der Waals surface area contributed by atoms with Gasteiger partial charge in [-0.15, -0.1) is 12.4 Å². The Hall–Kier alpha value is -1.30. The largest absolute Gasteiger partial charge is 0.355 e. The zero-order valence-corrected chi connectivity index (χ0v) is 14.0. The van der Waals surface area contributed by atoms with Crippen LogP contribution in [0.25, 0.3) is 0 Å². The van der Waals surface area contributed by atoms with Crippen molar-refractivity contribution in [3.8, 4) is 0 Å². The second-order valence-electron chi connectivity index (χ2n) is 5.37. The lowest BCUT2D eigenvalue weighted by molar-refractivity contribution is -0.132. The Morgan fingerprint density at radius 3 is 2.91 bits per heavy atom. The maximum Gasteiger partial charge on any atom is 0.239 e. The lowest BCUT2D eigenvalue weighted by Gasteiger charge is -2.17. The van der Waals surface area contributed by atoms with E-state index in [0.717, 1.165) is 5.69 Å². The molecule has 0 aromatic heterocycles. The van der Waals surface area contributed by atoms with E-state index in [1.165, 1.54) is 0 Å². The molecule has 5 nitrogen and oxygen atoms in total. The first kappa shape index (κ1) is 18.7. The van der Waals surface area contributed by atoms with Crippen molar-refractivity contribution in [1.29, 1.82) is 0 Å². The molecule has 2 unspecified atom stereocenters. The van der Waals surface area contributed by atoms with E-state index in [2.05, 4.69) is 5.32 Å². The van der Waals surface area contributed by atoms with Gasteiger partial charge in [0.05, 0.1) is 0 Å². The average molecular weight is 346 g/mol. The zero-order valence-electron chi connectivity index (χ0n) is 12.4. The summed E-state index contributed by atoms with van der Waals surface area (Å²) < 4.78 is 0. The van der Waals surface area contributed by atoms with Gasteiger partial charge in [-0.3, -0.25) is 9.59 Å². The van der Waals surface area contributed by atoms with Crippen LogP contribution in [0.3, 0.4) is 0 Å². The van der Waals surface area contributed by atoms with Crippen LogP contribution in [0.4, 0.5) is 5.69 Å². The first-order valence-corrected chi connectivity index (χ1v) is 7.47. The van der Waals surface area contributed by atoms with Crippen molar-refractivity contribution in [2.45, 2.75) is 25.8 Å². The molecule has 1 saturated heterocycles. The highest BCUT2D eigenvalue weighted by molar-refractivity contribution is 6.31. The molecule has 1 aliphatic heterocycles. The quantitative estimate of drug-likeness (QED) is 0.801. The molecule has 122 valence electrons. The molecular weight excluding hydrogens is 325 g/mol. The first-order chi connectivity index (χ1) is 9.99. The van der Waals surface area contributed by atoms with Gasteiger partial charge in [-0.1, -0.05) is 17.7 Å². The van der Waals surface area contributed by atoms with Gasteiger partial charge in [0, 0.05) is 29.8 Å². The Morgan fingerprint density at radius 2 is 2.27 bits per heavy atom. The van der Waals surface area contributed by atoms with Gasteiger partial charge in [0.15, 0.2) is 0 Å². The second kappa shape index (κ2) is 8.36. The number of nitrogens with one attached hydrogen (secondary N) is 1. The average Bonchev–Trinajstić information content (AvgIpc) is 2.80. The van der Waals surface area contributed by atoms with Crippen molar-refractivity contribution < 1.29 is 9.59 Å². The summed E-state index contributed by atoms with van der Waals surface area (Å²) in [5.41, 5.74) is 6.37. The van der Waals surface area contributed by atoms with Gasteiger partial charge >= 0.3 is 0 Å². The topological polar surface area (TPSA) is 75.4 Å². The number of nitrogens with zero attached hydrogens (tertiary/aromatic N) is 1. The Bertz CT molecular complexity index is 537. The van der Waals surface area contributed by atoms with Crippen molar-refractivity contribution in [2.24, 2.45) is 11.7 Å². The Balaban J connectivity index is 0.00000242. The fraction of sp³-hybridized carbons (Fsp3) is 0.467. The summed E-state index contributed by atoms with van der Waals surface area (Å²) in [5.74, 6) is -1.00. The van der Waals surface area contributed by atoms with E-state index in [1.54, 1.807) is 23.1 Å². The van der Waals surface area contributed by atoms with E-state index >= 15 is 0 Å². The molecule has 22 heavy (non-hydrogen) atoms. The van der Waals surface area contributed by atoms with Crippen LogP contribution in [-0.4, -0.2) is 30.9 Å². The van der Waals surface area contributed by atoms with Crippen molar-refractivity contribution in [3.63, 3.8) is 0 Å². The molecule has 1 aromatic carbocycles. The summed E-state index contributed by atoms with van der Waals surface area (Å²) in [7, 11) is 0. The molecule has 1 aromatic rings. The minimum absolute atomic E-state index is 0. The standard InChI is InChI=1S/C15H20ClN3O2.ClH/c1-10(17)5-7-18-14(20)13-6-8-19(15(13)21)12-4-2-3-11(16)9-12;/h2-4,9-10,13H,5-8,17H2,1H3,(H,18,20);1H.